The van der Waals surface area contributed by atoms with E-state index in [1.165, 1.54) is 126 Å². The summed E-state index contributed by atoms with van der Waals surface area (Å²) in [5.74, 6) is 0. The molecular weight excluding hydrogens is 629 g/mol. The van der Waals surface area contributed by atoms with Gasteiger partial charge in [-0.1, -0.05) is 109 Å². The van der Waals surface area contributed by atoms with E-state index in [1.807, 2.05) is 0 Å². The molecule has 0 unspecified atom stereocenters. The lowest BCUT2D eigenvalue weighted by atomic mass is 9.83. The van der Waals surface area contributed by atoms with Gasteiger partial charge >= 0.3 is 0 Å². The standard InChI is InChI=1S/C50H44N2/c1-9-27-51(28-10-1)41-24-26-46-47(33-41)49(40-22-20-36-14-4-6-16-38(36)32-40)45-25-23-42(52-29-11-2-12-30-52)34-48(45)50(46)44-18-8-7-17-43(44)39-21-19-35-13-3-5-15-37(35)31-39/h3-8,13-26,31-34H,1-2,9-12,27-30H2. The number of nitrogens with zero attached hydrogens (tertiary/aromatic N) is 2. The summed E-state index contributed by atoms with van der Waals surface area (Å²) in [6, 6.07) is 55.4. The van der Waals surface area contributed by atoms with Crippen molar-refractivity contribution in [1.29, 1.82) is 0 Å². The van der Waals surface area contributed by atoms with E-state index in [0.29, 0.717) is 0 Å². The van der Waals surface area contributed by atoms with Crippen LogP contribution in [0.15, 0.2) is 146 Å². The zero-order valence-corrected chi connectivity index (χ0v) is 29.8. The van der Waals surface area contributed by atoms with Crippen LogP contribution in [0, 0.1) is 0 Å². The molecule has 0 aromatic heterocycles. The van der Waals surface area contributed by atoms with Crippen LogP contribution in [0.5, 0.6) is 0 Å². The largest absolute Gasteiger partial charge is 0.372 e. The molecule has 2 heterocycles. The molecule has 2 heteroatoms. The van der Waals surface area contributed by atoms with Crippen molar-refractivity contribution in [1.82, 2.24) is 0 Å². The first-order valence-electron chi connectivity index (χ1n) is 19.4. The summed E-state index contributed by atoms with van der Waals surface area (Å²) in [5, 5.41) is 10.4. The number of rotatable bonds is 5. The maximum atomic E-state index is 2.61. The normalized spacial score (nSPS) is 15.2. The average molecular weight is 673 g/mol. The van der Waals surface area contributed by atoms with Crippen molar-refractivity contribution in [3.05, 3.63) is 146 Å². The minimum Gasteiger partial charge on any atom is -0.372 e. The molecule has 0 N–H and O–H groups in total. The molecule has 0 atom stereocenters. The van der Waals surface area contributed by atoms with Gasteiger partial charge in [0.15, 0.2) is 0 Å². The van der Waals surface area contributed by atoms with E-state index < -0.39 is 0 Å². The van der Waals surface area contributed by atoms with E-state index in [2.05, 4.69) is 155 Å². The molecule has 2 nitrogen and oxygen atoms in total. The van der Waals surface area contributed by atoms with Crippen molar-refractivity contribution in [2.24, 2.45) is 0 Å². The van der Waals surface area contributed by atoms with E-state index in [9.17, 15) is 0 Å². The molecule has 0 spiro atoms. The van der Waals surface area contributed by atoms with Gasteiger partial charge in [0.1, 0.15) is 0 Å². The number of hydrogen-bond donors (Lipinski definition) is 0. The lowest BCUT2D eigenvalue weighted by Crippen LogP contribution is -2.29. The second kappa shape index (κ2) is 13.2. The monoisotopic (exact) mass is 672 g/mol. The van der Waals surface area contributed by atoms with E-state index >= 15 is 0 Å². The lowest BCUT2D eigenvalue weighted by Gasteiger charge is -2.30. The molecule has 0 amide bonds. The van der Waals surface area contributed by atoms with E-state index in [-0.39, 0.29) is 0 Å². The van der Waals surface area contributed by atoms with Crippen molar-refractivity contribution in [2.45, 2.75) is 38.5 Å². The minimum absolute atomic E-state index is 1.12. The Bertz CT molecular complexity index is 2600. The summed E-state index contributed by atoms with van der Waals surface area (Å²) in [6.07, 6.45) is 7.69. The van der Waals surface area contributed by atoms with Gasteiger partial charge in [-0.15, -0.1) is 0 Å². The van der Waals surface area contributed by atoms with Crippen LogP contribution in [-0.2, 0) is 0 Å². The van der Waals surface area contributed by atoms with Gasteiger partial charge in [0.2, 0.25) is 0 Å². The Morgan fingerprint density at radius 3 is 1.37 bits per heavy atom. The Morgan fingerprint density at radius 2 is 0.769 bits per heavy atom. The van der Waals surface area contributed by atoms with Crippen molar-refractivity contribution >= 4 is 54.5 Å². The zero-order chi connectivity index (χ0) is 34.4. The van der Waals surface area contributed by atoms with Gasteiger partial charge in [0, 0.05) is 37.6 Å². The molecule has 0 saturated carbocycles. The molecule has 0 radical (unpaired) electrons. The highest BCUT2D eigenvalue weighted by molar-refractivity contribution is 6.23. The van der Waals surface area contributed by atoms with Gasteiger partial charge in [-0.05, 0) is 151 Å². The van der Waals surface area contributed by atoms with Crippen LogP contribution in [0.3, 0.4) is 0 Å². The van der Waals surface area contributed by atoms with E-state index in [1.54, 1.807) is 0 Å². The smallest absolute Gasteiger partial charge is 0.0372 e. The summed E-state index contributed by atoms with van der Waals surface area (Å²) < 4.78 is 0. The van der Waals surface area contributed by atoms with Crippen LogP contribution in [0.1, 0.15) is 38.5 Å². The highest BCUT2D eigenvalue weighted by atomic mass is 15.1. The number of piperidine rings is 2. The molecular formula is C50H44N2. The first-order valence-corrected chi connectivity index (χ1v) is 19.4. The Kier molecular flexibility index (Phi) is 7.90. The minimum atomic E-state index is 1.12. The highest BCUT2D eigenvalue weighted by Crippen LogP contribution is 2.48. The molecule has 2 aliphatic rings. The number of hydrogen-bond acceptors (Lipinski definition) is 2. The molecule has 10 rings (SSSR count). The Balaban J connectivity index is 1.30. The van der Waals surface area contributed by atoms with Gasteiger partial charge in [-0.2, -0.15) is 0 Å². The van der Waals surface area contributed by atoms with E-state index in [0.717, 1.165) is 26.2 Å². The molecule has 0 aliphatic carbocycles. The van der Waals surface area contributed by atoms with Gasteiger partial charge in [0.05, 0.1) is 0 Å². The van der Waals surface area contributed by atoms with Gasteiger partial charge in [0.25, 0.3) is 0 Å². The van der Waals surface area contributed by atoms with Crippen molar-refractivity contribution < 1.29 is 0 Å². The Hall–Kier alpha value is -5.60. The molecule has 52 heavy (non-hydrogen) atoms. The van der Waals surface area contributed by atoms with Crippen LogP contribution in [-0.4, -0.2) is 26.2 Å². The van der Waals surface area contributed by atoms with Crippen LogP contribution in [0.2, 0.25) is 0 Å². The van der Waals surface area contributed by atoms with E-state index in [4.69, 9.17) is 0 Å². The predicted molar refractivity (Wildman–Crippen MR) is 225 cm³/mol. The molecule has 8 aromatic carbocycles. The molecule has 0 bridgehead atoms. The highest BCUT2D eigenvalue weighted by Gasteiger charge is 2.23. The molecule has 2 fully saturated rings. The fourth-order valence-corrected chi connectivity index (χ4v) is 9.16. The molecule has 254 valence electrons. The fourth-order valence-electron chi connectivity index (χ4n) is 9.16. The topological polar surface area (TPSA) is 6.48 Å². The maximum absolute atomic E-state index is 2.61. The van der Waals surface area contributed by atoms with Crippen LogP contribution < -0.4 is 9.80 Å². The number of anilines is 2. The molecule has 8 aromatic rings. The third-order valence-electron chi connectivity index (χ3n) is 11.8. The molecule has 2 saturated heterocycles. The van der Waals surface area contributed by atoms with Gasteiger partial charge in [-0.25, -0.2) is 0 Å². The third-order valence-corrected chi connectivity index (χ3v) is 11.8. The average Bonchev–Trinajstić information content (AvgIpc) is 3.22. The number of benzene rings is 8. The van der Waals surface area contributed by atoms with Crippen molar-refractivity contribution in [2.75, 3.05) is 36.0 Å². The SMILES string of the molecule is c1ccc(-c2c3ccc(N4CCCCC4)cc3c(-c3ccc4ccccc4c3)c3ccc(N4CCCCC4)cc23)c(-c2ccc3ccccc3c2)c1. The summed E-state index contributed by atoms with van der Waals surface area (Å²) in [5.41, 5.74) is 10.5. The Morgan fingerprint density at radius 1 is 0.308 bits per heavy atom. The quantitative estimate of drug-likeness (QED) is 0.168. The van der Waals surface area contributed by atoms with Crippen LogP contribution >= 0.6 is 0 Å². The first-order chi connectivity index (χ1) is 25.8. The third kappa shape index (κ3) is 5.49. The number of fused-ring (bicyclic) bond motifs is 4. The summed E-state index contributed by atoms with van der Waals surface area (Å²) in [7, 11) is 0. The van der Waals surface area contributed by atoms with Crippen LogP contribution in [0.25, 0.3) is 76.5 Å². The van der Waals surface area contributed by atoms with Crippen molar-refractivity contribution in [3.8, 4) is 33.4 Å². The zero-order valence-electron chi connectivity index (χ0n) is 29.8. The summed E-state index contributed by atoms with van der Waals surface area (Å²) >= 11 is 0. The second-order valence-corrected chi connectivity index (χ2v) is 15.0. The van der Waals surface area contributed by atoms with Crippen LogP contribution in [0.4, 0.5) is 11.4 Å². The van der Waals surface area contributed by atoms with Crippen molar-refractivity contribution in [3.63, 3.8) is 0 Å². The second-order valence-electron chi connectivity index (χ2n) is 15.0. The predicted octanol–water partition coefficient (Wildman–Crippen LogP) is 13.3. The summed E-state index contributed by atoms with van der Waals surface area (Å²) in [6.45, 7) is 4.50. The lowest BCUT2D eigenvalue weighted by molar-refractivity contribution is 0.578. The van der Waals surface area contributed by atoms with Gasteiger partial charge < -0.3 is 9.80 Å². The fraction of sp³-hybridized carbons (Fsp3) is 0.200. The first kappa shape index (κ1) is 31.2. The summed E-state index contributed by atoms with van der Waals surface area (Å²) in [4.78, 5) is 5.22. The molecule has 2 aliphatic heterocycles. The van der Waals surface area contributed by atoms with Gasteiger partial charge in [-0.3, -0.25) is 0 Å². The Labute approximate surface area is 306 Å². The maximum Gasteiger partial charge on any atom is 0.0372 e.